The lowest BCUT2D eigenvalue weighted by atomic mass is 9.43. The van der Waals surface area contributed by atoms with Crippen LogP contribution in [0.4, 0.5) is 0 Å². The molecule has 2 bridgehead atoms. The summed E-state index contributed by atoms with van der Waals surface area (Å²) in [4.78, 5) is 40.5. The number of carbonyl (C=O) groups excluding carboxylic acids is 2. The van der Waals surface area contributed by atoms with Crippen molar-refractivity contribution in [3.8, 4) is 0 Å². The minimum absolute atomic E-state index is 0.0114. The van der Waals surface area contributed by atoms with E-state index < -0.39 is 18.2 Å². The highest BCUT2D eigenvalue weighted by atomic mass is 16.7. The summed E-state index contributed by atoms with van der Waals surface area (Å²) < 4.78 is 13.1. The van der Waals surface area contributed by atoms with Gasteiger partial charge in [0.05, 0.1) is 17.6 Å². The SMILES string of the molecule is CC(C)C[C@H](NC(=O)[C@H](CCCN=C(N)N[N+](=O)[O-])NC(=O)C1CC1)B1O[C@@H]2C[C@@H]3C[C@@H](C3(C)C)[C@]2(C)O1. The maximum atomic E-state index is 13.5. The molecule has 5 rings (SSSR count). The summed E-state index contributed by atoms with van der Waals surface area (Å²) in [7, 11) is -0.552. The summed E-state index contributed by atoms with van der Waals surface area (Å²) in [6.07, 6.45) is 5.18. The van der Waals surface area contributed by atoms with E-state index in [4.69, 9.17) is 15.0 Å². The summed E-state index contributed by atoms with van der Waals surface area (Å²) >= 11 is 0. The van der Waals surface area contributed by atoms with Gasteiger partial charge in [-0.2, -0.15) is 0 Å². The zero-order valence-corrected chi connectivity index (χ0v) is 23.2. The van der Waals surface area contributed by atoms with Crippen LogP contribution in [0.25, 0.3) is 0 Å². The number of hydrogen-bond acceptors (Lipinski definition) is 7. The Kier molecular flexibility index (Phi) is 8.27. The summed E-state index contributed by atoms with van der Waals surface area (Å²) in [5, 5.41) is 15.7. The van der Waals surface area contributed by atoms with Crippen molar-refractivity contribution in [1.82, 2.24) is 16.1 Å². The average Bonchev–Trinajstić information content (AvgIpc) is 3.60. The van der Waals surface area contributed by atoms with Gasteiger partial charge in [0.2, 0.25) is 11.8 Å². The van der Waals surface area contributed by atoms with Gasteiger partial charge in [-0.05, 0) is 75.0 Å². The molecule has 0 radical (unpaired) electrons. The Bertz CT molecular complexity index is 959. The first-order chi connectivity index (χ1) is 17.8. The lowest BCUT2D eigenvalue weighted by molar-refractivity contribution is -0.525. The molecule has 5 N–H and O–H groups in total. The largest absolute Gasteiger partial charge is 0.481 e. The molecule has 4 saturated carbocycles. The second-order valence-electron chi connectivity index (χ2n) is 12.7. The van der Waals surface area contributed by atoms with Crippen LogP contribution in [0.1, 0.15) is 79.6 Å². The predicted molar refractivity (Wildman–Crippen MR) is 142 cm³/mol. The number of nitro groups is 1. The van der Waals surface area contributed by atoms with Crippen molar-refractivity contribution in [2.75, 3.05) is 6.54 Å². The number of amides is 2. The number of nitrogens with zero attached hydrogens (tertiary/aromatic N) is 2. The first-order valence-electron chi connectivity index (χ1n) is 14.0. The Labute approximate surface area is 224 Å². The Morgan fingerprint density at radius 1 is 1.21 bits per heavy atom. The van der Waals surface area contributed by atoms with Crippen LogP contribution in [0.3, 0.4) is 0 Å². The maximum Gasteiger partial charge on any atom is 0.481 e. The predicted octanol–water partition coefficient (Wildman–Crippen LogP) is 1.56. The molecule has 1 heterocycles. The Balaban J connectivity index is 1.41. The fourth-order valence-corrected chi connectivity index (χ4v) is 6.63. The first kappa shape index (κ1) is 28.6. The van der Waals surface area contributed by atoms with Crippen molar-refractivity contribution in [1.29, 1.82) is 0 Å². The van der Waals surface area contributed by atoms with Crippen LogP contribution in [-0.4, -0.2) is 60.2 Å². The van der Waals surface area contributed by atoms with Crippen molar-refractivity contribution in [3.63, 3.8) is 0 Å². The van der Waals surface area contributed by atoms with E-state index in [0.29, 0.717) is 37.0 Å². The van der Waals surface area contributed by atoms with Crippen molar-refractivity contribution in [2.24, 2.45) is 39.8 Å². The zero-order valence-electron chi connectivity index (χ0n) is 23.2. The van der Waals surface area contributed by atoms with Gasteiger partial charge < -0.3 is 25.7 Å². The lowest BCUT2D eigenvalue weighted by Gasteiger charge is -2.64. The molecule has 2 amide bonds. The van der Waals surface area contributed by atoms with E-state index in [0.717, 1.165) is 25.7 Å². The second-order valence-corrected chi connectivity index (χ2v) is 12.7. The standard InChI is InChI=1S/C25H43BN6O6/c1-14(2)11-20(26-37-19-13-16-12-18(24(16,3)4)25(19,5)38-26)30-22(34)17(29-21(33)15-8-9-15)7-6-10-28-23(27)31-32(35)36/h14-20H,6-13H2,1-5H3,(H,29,33)(H,30,34)(H3,27,28,31)/t16-,17-,18-,19+,20-,25-/m0/s1. The zero-order chi connectivity index (χ0) is 27.8. The third-order valence-corrected chi connectivity index (χ3v) is 9.07. The van der Waals surface area contributed by atoms with E-state index in [2.05, 4.69) is 50.2 Å². The van der Waals surface area contributed by atoms with E-state index in [1.54, 1.807) is 5.43 Å². The lowest BCUT2D eigenvalue weighted by Crippen LogP contribution is -2.65. The Morgan fingerprint density at radius 2 is 1.92 bits per heavy atom. The molecule has 1 saturated heterocycles. The summed E-state index contributed by atoms with van der Waals surface area (Å²) in [5.74, 6) is 0.213. The summed E-state index contributed by atoms with van der Waals surface area (Å²) in [6.45, 7) is 11.2. The third-order valence-electron chi connectivity index (χ3n) is 9.07. The van der Waals surface area contributed by atoms with Crippen LogP contribution in [0.2, 0.25) is 0 Å². The number of carbonyl (C=O) groups is 2. The van der Waals surface area contributed by atoms with Gasteiger partial charge in [-0.3, -0.25) is 9.59 Å². The number of nitrogens with two attached hydrogens (primary N) is 1. The Hall–Kier alpha value is -2.41. The molecule has 13 heteroatoms. The van der Waals surface area contributed by atoms with E-state index in [1.165, 1.54) is 0 Å². The van der Waals surface area contributed by atoms with Crippen LogP contribution < -0.4 is 21.8 Å². The molecule has 0 spiro atoms. The van der Waals surface area contributed by atoms with Crippen molar-refractivity contribution in [3.05, 3.63) is 10.1 Å². The average molecular weight is 534 g/mol. The maximum absolute atomic E-state index is 13.5. The summed E-state index contributed by atoms with van der Waals surface area (Å²) in [5.41, 5.74) is 7.11. The number of hydrogen-bond donors (Lipinski definition) is 4. The normalized spacial score (nSPS) is 31.2. The van der Waals surface area contributed by atoms with Crippen molar-refractivity contribution >= 4 is 24.9 Å². The minimum atomic E-state index is -0.784. The molecule has 212 valence electrons. The molecule has 4 aliphatic carbocycles. The molecule has 1 aliphatic heterocycles. The highest BCUT2D eigenvalue weighted by molar-refractivity contribution is 6.48. The monoisotopic (exact) mass is 534 g/mol. The molecule has 0 aromatic heterocycles. The number of hydrazine groups is 1. The highest BCUT2D eigenvalue weighted by Crippen LogP contribution is 2.65. The number of rotatable bonds is 12. The molecule has 38 heavy (non-hydrogen) atoms. The van der Waals surface area contributed by atoms with Crippen LogP contribution in [-0.2, 0) is 18.9 Å². The van der Waals surface area contributed by atoms with Crippen LogP contribution in [0, 0.1) is 39.2 Å². The van der Waals surface area contributed by atoms with Gasteiger partial charge in [0.25, 0.3) is 5.96 Å². The van der Waals surface area contributed by atoms with Gasteiger partial charge >= 0.3 is 7.12 Å². The minimum Gasteiger partial charge on any atom is -0.404 e. The summed E-state index contributed by atoms with van der Waals surface area (Å²) in [6, 6.07) is -0.760. The van der Waals surface area contributed by atoms with Crippen molar-refractivity contribution < 1.29 is 23.9 Å². The van der Waals surface area contributed by atoms with Crippen molar-refractivity contribution in [2.45, 2.75) is 103 Å². The molecule has 6 atom stereocenters. The molecule has 12 nitrogen and oxygen atoms in total. The molecular formula is C25H43BN6O6. The first-order valence-corrected chi connectivity index (χ1v) is 14.0. The second kappa shape index (κ2) is 11.0. The molecule has 0 aromatic rings. The van der Waals surface area contributed by atoms with Gasteiger partial charge in [0.15, 0.2) is 5.03 Å². The fraction of sp³-hybridized carbons (Fsp3) is 0.880. The topological polar surface area (TPSA) is 170 Å². The number of nitrogens with one attached hydrogen (secondary N) is 3. The number of aliphatic imine (C=N–C) groups is 1. The number of guanidine groups is 1. The van der Waals surface area contributed by atoms with Crippen LogP contribution in [0.5, 0.6) is 0 Å². The van der Waals surface area contributed by atoms with Gasteiger partial charge in [0, 0.05) is 12.5 Å². The highest BCUT2D eigenvalue weighted by Gasteiger charge is 2.68. The van der Waals surface area contributed by atoms with Gasteiger partial charge in [-0.15, -0.1) is 0 Å². The van der Waals surface area contributed by atoms with E-state index in [-0.39, 0.29) is 53.3 Å². The fourth-order valence-electron chi connectivity index (χ4n) is 6.63. The smallest absolute Gasteiger partial charge is 0.404 e. The molecular weight excluding hydrogens is 491 g/mol. The Morgan fingerprint density at radius 3 is 2.53 bits per heavy atom. The molecule has 5 fully saturated rings. The van der Waals surface area contributed by atoms with E-state index in [9.17, 15) is 19.7 Å². The quantitative estimate of drug-likeness (QED) is 0.0730. The van der Waals surface area contributed by atoms with Crippen LogP contribution >= 0.6 is 0 Å². The van der Waals surface area contributed by atoms with Gasteiger partial charge in [-0.1, -0.05) is 33.1 Å². The molecule has 0 unspecified atom stereocenters. The van der Waals surface area contributed by atoms with Gasteiger partial charge in [-0.25, -0.2) is 15.1 Å². The van der Waals surface area contributed by atoms with E-state index >= 15 is 0 Å². The van der Waals surface area contributed by atoms with E-state index in [1.807, 2.05) is 0 Å². The third kappa shape index (κ3) is 6.08. The van der Waals surface area contributed by atoms with Gasteiger partial charge in [0.1, 0.15) is 6.04 Å². The molecule has 5 aliphatic rings. The van der Waals surface area contributed by atoms with Crippen LogP contribution in [0.15, 0.2) is 4.99 Å². The molecule has 0 aromatic carbocycles.